The van der Waals surface area contributed by atoms with E-state index < -0.39 is 27.9 Å². The van der Waals surface area contributed by atoms with E-state index in [1.165, 1.54) is 0 Å². The molecule has 1 saturated heterocycles. The number of hydrogen-bond acceptors (Lipinski definition) is 4. The fraction of sp³-hybridized carbons (Fsp3) is 0.400. The SMILES string of the molecule is C=C(C)C(Cc1ccc(OC)cc1)N1C(=O)C(N)C1[S][Hg][Cl]. The fourth-order valence-corrected chi connectivity index (χ4v) is 12.6. The molecule has 116 valence electrons. The summed E-state index contributed by atoms with van der Waals surface area (Å²) in [6.07, 6.45) is 0.730. The minimum absolute atomic E-state index is 0.00229. The molecule has 1 heterocycles. The Morgan fingerprint density at radius 3 is 2.68 bits per heavy atom. The summed E-state index contributed by atoms with van der Waals surface area (Å²) in [7, 11) is 9.37. The third-order valence-electron chi connectivity index (χ3n) is 3.85. The van der Waals surface area contributed by atoms with Crippen LogP contribution in [0.1, 0.15) is 12.5 Å². The van der Waals surface area contributed by atoms with Crippen LogP contribution in [0.3, 0.4) is 0 Å². The minimum atomic E-state index is -1.44. The summed E-state index contributed by atoms with van der Waals surface area (Å²) in [5.41, 5.74) is 8.04. The molecule has 1 aliphatic heterocycles. The molecule has 1 aromatic carbocycles. The molecule has 0 spiro atoms. The second-order valence-electron chi connectivity index (χ2n) is 5.35. The fourth-order valence-electron chi connectivity index (χ4n) is 2.58. The Kier molecular flexibility index (Phi) is 6.62. The summed E-state index contributed by atoms with van der Waals surface area (Å²) >= 11 is -1.44. The molecule has 7 heteroatoms. The molecule has 2 rings (SSSR count). The van der Waals surface area contributed by atoms with Crippen molar-refractivity contribution in [1.82, 2.24) is 4.90 Å². The molecule has 3 atom stereocenters. The summed E-state index contributed by atoms with van der Waals surface area (Å²) in [5.74, 6) is 0.820. The van der Waals surface area contributed by atoms with Gasteiger partial charge in [0.05, 0.1) is 0 Å². The van der Waals surface area contributed by atoms with Gasteiger partial charge in [0.1, 0.15) is 0 Å². The monoisotopic (exact) mass is 528 g/mol. The predicted octanol–water partition coefficient (Wildman–Crippen LogP) is 2.56. The van der Waals surface area contributed by atoms with Gasteiger partial charge in [-0.3, -0.25) is 0 Å². The molecule has 0 aliphatic carbocycles. The van der Waals surface area contributed by atoms with Crippen LogP contribution in [0, 0.1) is 0 Å². The number of methoxy groups -OCH3 is 1. The van der Waals surface area contributed by atoms with Crippen LogP contribution < -0.4 is 10.5 Å². The number of likely N-dealkylation sites (tertiary alicyclic amines) is 1. The summed E-state index contributed by atoms with van der Waals surface area (Å²) in [6.45, 7) is 6.02. The number of rotatable bonds is 7. The Hall–Kier alpha value is -0.235. The van der Waals surface area contributed by atoms with Gasteiger partial charge in [0, 0.05) is 0 Å². The van der Waals surface area contributed by atoms with Gasteiger partial charge in [-0.25, -0.2) is 0 Å². The first-order valence-electron chi connectivity index (χ1n) is 7.03. The molecule has 0 radical (unpaired) electrons. The summed E-state index contributed by atoms with van der Waals surface area (Å²) < 4.78 is 5.17. The number of ether oxygens (including phenoxy) is 1. The topological polar surface area (TPSA) is 55.6 Å². The first kappa shape index (κ1) is 18.1. The number of carbonyl (C=O) groups is 1. The number of nitrogens with zero attached hydrogens (tertiary/aromatic N) is 1. The van der Waals surface area contributed by atoms with E-state index in [0.717, 1.165) is 23.3 Å². The average Bonchev–Trinajstić information content (AvgIpc) is 2.53. The van der Waals surface area contributed by atoms with Crippen LogP contribution in [0.15, 0.2) is 36.4 Å². The Labute approximate surface area is 149 Å². The molecular weight excluding hydrogens is 508 g/mol. The number of carbonyl (C=O) groups excluding carboxylic acids is 1. The molecule has 2 N–H and O–H groups in total. The first-order valence-corrected chi connectivity index (χ1v) is 21.6. The van der Waals surface area contributed by atoms with E-state index in [-0.39, 0.29) is 17.3 Å². The van der Waals surface area contributed by atoms with Gasteiger partial charge >= 0.3 is 150 Å². The van der Waals surface area contributed by atoms with Crippen LogP contribution in [0.4, 0.5) is 0 Å². The Balaban J connectivity index is 2.15. The van der Waals surface area contributed by atoms with E-state index in [4.69, 9.17) is 18.7 Å². The summed E-state index contributed by atoms with van der Waals surface area (Å²) in [4.78, 5) is 14.1. The van der Waals surface area contributed by atoms with E-state index >= 15 is 0 Å². The number of hydrogen-bond donors (Lipinski definition) is 1. The van der Waals surface area contributed by atoms with Crippen LogP contribution in [0.2, 0.25) is 0 Å². The number of β-lactam (4-membered cyclic amide) rings is 1. The van der Waals surface area contributed by atoms with Gasteiger partial charge in [-0.2, -0.15) is 0 Å². The number of amides is 1. The predicted molar refractivity (Wildman–Crippen MR) is 87.4 cm³/mol. The molecule has 3 unspecified atom stereocenters. The Morgan fingerprint density at radius 2 is 2.18 bits per heavy atom. The van der Waals surface area contributed by atoms with Crippen LogP contribution in [0.25, 0.3) is 0 Å². The van der Waals surface area contributed by atoms with Crippen molar-refractivity contribution < 1.29 is 31.4 Å². The van der Waals surface area contributed by atoms with Gasteiger partial charge in [0.15, 0.2) is 0 Å². The van der Waals surface area contributed by atoms with Gasteiger partial charge in [-0.05, 0) is 0 Å². The van der Waals surface area contributed by atoms with Crippen molar-refractivity contribution in [3.63, 3.8) is 0 Å². The molecule has 1 aliphatic rings. The van der Waals surface area contributed by atoms with E-state index in [1.54, 1.807) is 15.4 Å². The van der Waals surface area contributed by atoms with Gasteiger partial charge in [0.25, 0.3) is 0 Å². The third kappa shape index (κ3) is 3.81. The van der Waals surface area contributed by atoms with Crippen molar-refractivity contribution in [3.05, 3.63) is 42.0 Å². The summed E-state index contributed by atoms with van der Waals surface area (Å²) in [6, 6.07) is 7.44. The van der Waals surface area contributed by atoms with Crippen molar-refractivity contribution in [1.29, 1.82) is 0 Å². The molecular formula is C15H19ClHgN2O2S. The Morgan fingerprint density at radius 1 is 1.55 bits per heavy atom. The van der Waals surface area contributed by atoms with Gasteiger partial charge in [-0.1, -0.05) is 0 Å². The van der Waals surface area contributed by atoms with Crippen molar-refractivity contribution in [2.75, 3.05) is 7.11 Å². The number of nitrogens with two attached hydrogens (primary N) is 1. The van der Waals surface area contributed by atoms with Crippen molar-refractivity contribution in [3.8, 4) is 5.75 Å². The van der Waals surface area contributed by atoms with Gasteiger partial charge < -0.3 is 0 Å². The summed E-state index contributed by atoms with van der Waals surface area (Å²) in [5, 5.41) is 0.0200. The van der Waals surface area contributed by atoms with Crippen molar-refractivity contribution >= 4 is 22.4 Å². The van der Waals surface area contributed by atoms with Crippen molar-refractivity contribution in [2.45, 2.75) is 30.8 Å². The molecule has 0 aromatic heterocycles. The maximum absolute atomic E-state index is 12.2. The zero-order valence-corrected chi connectivity index (χ0v) is 19.9. The molecule has 0 saturated carbocycles. The molecule has 4 nitrogen and oxygen atoms in total. The second kappa shape index (κ2) is 8.04. The van der Waals surface area contributed by atoms with E-state index in [1.807, 2.05) is 36.1 Å². The zero-order chi connectivity index (χ0) is 16.3. The van der Waals surface area contributed by atoms with E-state index in [9.17, 15) is 4.79 Å². The number of benzene rings is 1. The number of halogens is 1. The van der Waals surface area contributed by atoms with Crippen LogP contribution in [-0.2, 0) is 33.0 Å². The normalized spacial score (nSPS) is 21.8. The maximum atomic E-state index is 12.2. The Bertz CT molecular complexity index is 555. The zero-order valence-electron chi connectivity index (χ0n) is 12.8. The van der Waals surface area contributed by atoms with Gasteiger partial charge in [-0.15, -0.1) is 0 Å². The van der Waals surface area contributed by atoms with Crippen LogP contribution in [0.5, 0.6) is 5.75 Å². The van der Waals surface area contributed by atoms with Crippen molar-refractivity contribution in [2.24, 2.45) is 5.73 Å². The molecule has 0 bridgehead atoms. The van der Waals surface area contributed by atoms with E-state index in [2.05, 4.69) is 6.58 Å². The van der Waals surface area contributed by atoms with E-state index in [0.29, 0.717) is 0 Å². The molecule has 1 fully saturated rings. The standard InChI is InChI=1S/C15H20N2O2S.ClH.Hg/c1-9(2)12(17-14(18)13(16)15(17)20)8-10-4-6-11(19-3)7-5-10;;/h4-7,12-13,15,20H,1,8,16H2,2-3H3;1H;/q;;+2/p-2. The quantitative estimate of drug-likeness (QED) is 0.337. The third-order valence-corrected chi connectivity index (χ3v) is 13.6. The molecule has 1 amide bonds. The van der Waals surface area contributed by atoms with Gasteiger partial charge in [0.2, 0.25) is 0 Å². The first-order chi connectivity index (χ1) is 10.5. The molecule has 22 heavy (non-hydrogen) atoms. The van der Waals surface area contributed by atoms with Crippen LogP contribution >= 0.6 is 16.5 Å². The average molecular weight is 527 g/mol. The van der Waals surface area contributed by atoms with Crippen LogP contribution in [-0.4, -0.2) is 35.4 Å². The second-order valence-corrected chi connectivity index (χ2v) is 18.6. The molecule has 1 aromatic rings.